The molecule has 0 fully saturated rings. The number of fused-ring (bicyclic) bond motifs is 1. The van der Waals surface area contributed by atoms with E-state index in [2.05, 4.69) is 9.97 Å². The minimum absolute atomic E-state index is 0.0461. The van der Waals surface area contributed by atoms with Crippen LogP contribution in [0, 0.1) is 5.82 Å². The summed E-state index contributed by atoms with van der Waals surface area (Å²) in [4.78, 5) is 18.5. The lowest BCUT2D eigenvalue weighted by Gasteiger charge is -2.02. The van der Waals surface area contributed by atoms with Crippen LogP contribution in [0.2, 0.25) is 0 Å². The van der Waals surface area contributed by atoms with E-state index in [1.165, 1.54) is 23.9 Å². The molecule has 0 unspecified atom stereocenters. The van der Waals surface area contributed by atoms with Crippen LogP contribution in [0.15, 0.2) is 47.6 Å². The number of carboxylic acid groups (broad SMARTS) is 1. The lowest BCUT2D eigenvalue weighted by molar-refractivity contribution is 0.0696. The highest BCUT2D eigenvalue weighted by Gasteiger charge is 2.08. The Morgan fingerprint density at radius 2 is 2.10 bits per heavy atom. The van der Waals surface area contributed by atoms with Gasteiger partial charge in [0, 0.05) is 5.75 Å². The maximum absolute atomic E-state index is 13.4. The van der Waals surface area contributed by atoms with E-state index < -0.39 is 11.8 Å². The number of hydrogen-bond donors (Lipinski definition) is 2. The molecule has 0 aliphatic carbocycles. The van der Waals surface area contributed by atoms with Crippen LogP contribution < -0.4 is 0 Å². The number of para-hydroxylation sites is 2. The molecule has 0 spiro atoms. The number of imidazole rings is 1. The van der Waals surface area contributed by atoms with Gasteiger partial charge in [-0.25, -0.2) is 14.2 Å². The highest BCUT2D eigenvalue weighted by Crippen LogP contribution is 2.24. The Morgan fingerprint density at radius 1 is 1.29 bits per heavy atom. The molecule has 21 heavy (non-hydrogen) atoms. The maximum atomic E-state index is 13.4. The van der Waals surface area contributed by atoms with Crippen molar-refractivity contribution < 1.29 is 14.3 Å². The van der Waals surface area contributed by atoms with E-state index in [1.54, 1.807) is 0 Å². The molecule has 3 rings (SSSR count). The third kappa shape index (κ3) is 3.05. The first-order valence-electron chi connectivity index (χ1n) is 6.22. The van der Waals surface area contributed by atoms with Gasteiger partial charge in [-0.1, -0.05) is 23.9 Å². The Morgan fingerprint density at radius 3 is 2.86 bits per heavy atom. The zero-order valence-corrected chi connectivity index (χ0v) is 11.7. The van der Waals surface area contributed by atoms with Crippen LogP contribution in [-0.2, 0) is 5.75 Å². The Kier molecular flexibility index (Phi) is 3.62. The fourth-order valence-corrected chi connectivity index (χ4v) is 2.82. The number of halogens is 1. The Labute approximate surface area is 124 Å². The predicted octanol–water partition coefficient (Wildman–Crippen LogP) is 3.69. The van der Waals surface area contributed by atoms with E-state index in [9.17, 15) is 9.18 Å². The first-order chi connectivity index (χ1) is 10.1. The van der Waals surface area contributed by atoms with Crippen molar-refractivity contribution in [1.29, 1.82) is 0 Å². The molecular formula is C15H11FN2O2S. The fourth-order valence-electron chi connectivity index (χ4n) is 2.01. The van der Waals surface area contributed by atoms with Gasteiger partial charge in [0.1, 0.15) is 5.82 Å². The summed E-state index contributed by atoms with van der Waals surface area (Å²) < 4.78 is 13.4. The molecule has 0 bridgehead atoms. The molecule has 0 saturated carbocycles. The van der Waals surface area contributed by atoms with Crippen LogP contribution >= 0.6 is 11.8 Å². The topological polar surface area (TPSA) is 66.0 Å². The van der Waals surface area contributed by atoms with E-state index in [-0.39, 0.29) is 5.56 Å². The van der Waals surface area contributed by atoms with Gasteiger partial charge in [-0.15, -0.1) is 0 Å². The van der Waals surface area contributed by atoms with Gasteiger partial charge in [-0.3, -0.25) is 0 Å². The molecule has 0 saturated heterocycles. The maximum Gasteiger partial charge on any atom is 0.335 e. The van der Waals surface area contributed by atoms with Gasteiger partial charge in [-0.05, 0) is 35.9 Å². The SMILES string of the molecule is O=C(O)c1cc(F)cc(CSc2nc3ccccc3[nH]2)c1. The lowest BCUT2D eigenvalue weighted by Crippen LogP contribution is -1.98. The quantitative estimate of drug-likeness (QED) is 0.721. The van der Waals surface area contributed by atoms with Crippen molar-refractivity contribution in [2.45, 2.75) is 10.9 Å². The number of aromatic carboxylic acids is 1. The normalized spacial score (nSPS) is 10.9. The zero-order valence-electron chi connectivity index (χ0n) is 10.8. The predicted molar refractivity (Wildman–Crippen MR) is 79.0 cm³/mol. The van der Waals surface area contributed by atoms with E-state index in [1.807, 2.05) is 24.3 Å². The average molecular weight is 302 g/mol. The highest BCUT2D eigenvalue weighted by molar-refractivity contribution is 7.98. The summed E-state index contributed by atoms with van der Waals surface area (Å²) in [7, 11) is 0. The molecule has 1 heterocycles. The number of hydrogen-bond acceptors (Lipinski definition) is 3. The van der Waals surface area contributed by atoms with Crippen LogP contribution in [0.25, 0.3) is 11.0 Å². The summed E-state index contributed by atoms with van der Waals surface area (Å²) in [5.74, 6) is -1.24. The molecule has 106 valence electrons. The molecule has 0 atom stereocenters. The van der Waals surface area contributed by atoms with Gasteiger partial charge in [0.2, 0.25) is 0 Å². The van der Waals surface area contributed by atoms with E-state index in [0.29, 0.717) is 11.3 Å². The van der Waals surface area contributed by atoms with Crippen molar-refractivity contribution in [3.05, 3.63) is 59.4 Å². The second-order valence-corrected chi connectivity index (χ2v) is 5.47. The number of H-pyrrole nitrogens is 1. The van der Waals surface area contributed by atoms with Crippen molar-refractivity contribution in [3.63, 3.8) is 0 Å². The Bertz CT molecular complexity index is 783. The van der Waals surface area contributed by atoms with Crippen molar-refractivity contribution in [3.8, 4) is 0 Å². The lowest BCUT2D eigenvalue weighted by atomic mass is 10.1. The van der Waals surface area contributed by atoms with E-state index in [0.717, 1.165) is 22.3 Å². The Hall–Kier alpha value is -2.34. The smallest absolute Gasteiger partial charge is 0.335 e. The molecule has 4 nitrogen and oxygen atoms in total. The van der Waals surface area contributed by atoms with Crippen LogP contribution in [0.1, 0.15) is 15.9 Å². The van der Waals surface area contributed by atoms with Gasteiger partial charge < -0.3 is 10.1 Å². The number of carbonyl (C=O) groups is 1. The molecule has 0 amide bonds. The number of nitrogens with zero attached hydrogens (tertiary/aromatic N) is 1. The Balaban J connectivity index is 1.79. The summed E-state index contributed by atoms with van der Waals surface area (Å²) in [5, 5.41) is 9.64. The van der Waals surface area contributed by atoms with Crippen molar-refractivity contribution >= 4 is 28.8 Å². The summed E-state index contributed by atoms with van der Waals surface area (Å²) >= 11 is 1.40. The number of thioether (sulfide) groups is 1. The fraction of sp³-hybridized carbons (Fsp3) is 0.0667. The molecule has 0 aliphatic heterocycles. The van der Waals surface area contributed by atoms with E-state index >= 15 is 0 Å². The third-order valence-corrected chi connectivity index (χ3v) is 3.89. The number of nitrogens with one attached hydrogen (secondary N) is 1. The average Bonchev–Trinajstić information content (AvgIpc) is 2.87. The summed E-state index contributed by atoms with van der Waals surface area (Å²) in [6.07, 6.45) is 0. The third-order valence-electron chi connectivity index (χ3n) is 2.95. The van der Waals surface area contributed by atoms with Crippen LogP contribution in [-0.4, -0.2) is 21.0 Å². The summed E-state index contributed by atoms with van der Waals surface area (Å²) in [5.41, 5.74) is 2.36. The van der Waals surface area contributed by atoms with Gasteiger partial charge >= 0.3 is 5.97 Å². The monoisotopic (exact) mass is 302 g/mol. The molecule has 0 radical (unpaired) electrons. The van der Waals surface area contributed by atoms with Gasteiger partial charge in [-0.2, -0.15) is 0 Å². The highest BCUT2D eigenvalue weighted by atomic mass is 32.2. The van der Waals surface area contributed by atoms with Crippen LogP contribution in [0.3, 0.4) is 0 Å². The van der Waals surface area contributed by atoms with Crippen molar-refractivity contribution in [2.24, 2.45) is 0 Å². The van der Waals surface area contributed by atoms with Crippen molar-refractivity contribution in [1.82, 2.24) is 9.97 Å². The second-order valence-electron chi connectivity index (χ2n) is 4.50. The minimum Gasteiger partial charge on any atom is -0.478 e. The van der Waals surface area contributed by atoms with Gasteiger partial charge in [0.05, 0.1) is 16.6 Å². The molecule has 3 aromatic rings. The largest absolute Gasteiger partial charge is 0.478 e. The number of benzene rings is 2. The molecule has 2 N–H and O–H groups in total. The van der Waals surface area contributed by atoms with Crippen LogP contribution in [0.4, 0.5) is 4.39 Å². The minimum atomic E-state index is -1.13. The van der Waals surface area contributed by atoms with Gasteiger partial charge in [0.25, 0.3) is 0 Å². The number of aromatic nitrogens is 2. The number of aromatic amines is 1. The van der Waals surface area contributed by atoms with Crippen molar-refractivity contribution in [2.75, 3.05) is 0 Å². The molecule has 6 heteroatoms. The van der Waals surface area contributed by atoms with E-state index in [4.69, 9.17) is 5.11 Å². The zero-order chi connectivity index (χ0) is 14.8. The number of carboxylic acids is 1. The summed E-state index contributed by atoms with van der Waals surface area (Å²) in [6.45, 7) is 0. The molecular weight excluding hydrogens is 291 g/mol. The second kappa shape index (κ2) is 5.57. The number of rotatable bonds is 4. The van der Waals surface area contributed by atoms with Crippen LogP contribution in [0.5, 0.6) is 0 Å². The first kappa shape index (κ1) is 13.6. The standard InChI is InChI=1S/C15H11FN2O2S/c16-11-6-9(5-10(7-11)14(19)20)8-21-15-17-12-3-1-2-4-13(12)18-15/h1-7H,8H2,(H,17,18)(H,19,20). The van der Waals surface area contributed by atoms with Gasteiger partial charge in [0.15, 0.2) is 5.16 Å². The molecule has 1 aromatic heterocycles. The summed E-state index contributed by atoms with van der Waals surface area (Å²) in [6, 6.07) is 11.5. The molecule has 0 aliphatic rings. The first-order valence-corrected chi connectivity index (χ1v) is 7.21. The molecule has 2 aromatic carbocycles.